The maximum absolute atomic E-state index is 9.46. The predicted octanol–water partition coefficient (Wildman–Crippen LogP) is 3.86. The van der Waals surface area contributed by atoms with Crippen LogP contribution in [0.2, 0.25) is 0 Å². The van der Waals surface area contributed by atoms with Crippen LogP contribution >= 0.6 is 24.0 Å². The van der Waals surface area contributed by atoms with Gasteiger partial charge in [0.05, 0.1) is 0 Å². The van der Waals surface area contributed by atoms with Crippen LogP contribution in [0.15, 0.2) is 47.5 Å². The summed E-state index contributed by atoms with van der Waals surface area (Å²) >= 11 is 0. The van der Waals surface area contributed by atoms with Gasteiger partial charge in [0.15, 0.2) is 5.96 Å². The van der Waals surface area contributed by atoms with Crippen LogP contribution in [-0.4, -0.2) is 17.6 Å². The molecule has 0 atom stereocenters. The SMILES string of the molecule is I.NC(=NCCc1cccc(O)c1)Nc1cccc2c1CCCC2. The molecule has 2 aromatic carbocycles. The normalized spacial score (nSPS) is 13.8. The molecule has 24 heavy (non-hydrogen) atoms. The number of rotatable bonds is 4. The Morgan fingerprint density at radius 3 is 2.75 bits per heavy atom. The molecule has 0 spiro atoms. The van der Waals surface area contributed by atoms with Gasteiger partial charge in [-0.3, -0.25) is 4.99 Å². The van der Waals surface area contributed by atoms with E-state index in [9.17, 15) is 5.11 Å². The van der Waals surface area contributed by atoms with Crippen molar-refractivity contribution >= 4 is 35.6 Å². The van der Waals surface area contributed by atoms with Crippen molar-refractivity contribution in [1.82, 2.24) is 0 Å². The first kappa shape index (κ1) is 18.6. The lowest BCUT2D eigenvalue weighted by molar-refractivity contribution is 0.474. The molecule has 1 aliphatic carbocycles. The van der Waals surface area contributed by atoms with Gasteiger partial charge >= 0.3 is 0 Å². The van der Waals surface area contributed by atoms with E-state index >= 15 is 0 Å². The van der Waals surface area contributed by atoms with Crippen molar-refractivity contribution < 1.29 is 5.11 Å². The van der Waals surface area contributed by atoms with E-state index in [-0.39, 0.29) is 29.7 Å². The standard InChI is InChI=1S/C19H23N3O.HI/c20-19(21-12-11-14-5-3-8-16(23)13-14)22-18-10-4-7-15-6-1-2-9-17(15)18;/h3-5,7-8,10,13,23H,1-2,6,9,11-12H2,(H3,20,21,22);1H. The molecule has 5 heteroatoms. The van der Waals surface area contributed by atoms with E-state index in [1.807, 2.05) is 12.1 Å². The number of hydrogen-bond acceptors (Lipinski definition) is 2. The van der Waals surface area contributed by atoms with Gasteiger partial charge in [-0.2, -0.15) is 0 Å². The molecule has 0 unspecified atom stereocenters. The first-order valence-corrected chi connectivity index (χ1v) is 8.18. The summed E-state index contributed by atoms with van der Waals surface area (Å²) < 4.78 is 0. The predicted molar refractivity (Wildman–Crippen MR) is 110 cm³/mol. The van der Waals surface area contributed by atoms with Crippen LogP contribution in [0.5, 0.6) is 5.75 Å². The minimum absolute atomic E-state index is 0. The maximum atomic E-state index is 9.46. The lowest BCUT2D eigenvalue weighted by Gasteiger charge is -2.19. The molecule has 0 aromatic heterocycles. The van der Waals surface area contributed by atoms with Crippen LogP contribution in [-0.2, 0) is 19.3 Å². The summed E-state index contributed by atoms with van der Waals surface area (Å²) in [4.78, 5) is 4.39. The first-order chi connectivity index (χ1) is 11.2. The molecule has 128 valence electrons. The monoisotopic (exact) mass is 437 g/mol. The molecule has 0 saturated heterocycles. The third kappa shape index (κ3) is 4.87. The number of nitrogens with two attached hydrogens (primary N) is 1. The number of guanidine groups is 1. The highest BCUT2D eigenvalue weighted by Crippen LogP contribution is 2.27. The second-order valence-electron chi connectivity index (χ2n) is 5.96. The summed E-state index contributed by atoms with van der Waals surface area (Å²) in [5, 5.41) is 12.7. The van der Waals surface area contributed by atoms with Crippen molar-refractivity contribution in [1.29, 1.82) is 0 Å². The smallest absolute Gasteiger partial charge is 0.193 e. The molecule has 0 radical (unpaired) electrons. The topological polar surface area (TPSA) is 70.6 Å². The average Bonchev–Trinajstić information content (AvgIpc) is 2.55. The number of aromatic hydroxyl groups is 1. The van der Waals surface area contributed by atoms with Crippen LogP contribution in [0.25, 0.3) is 0 Å². The molecule has 2 aromatic rings. The summed E-state index contributed by atoms with van der Waals surface area (Å²) in [6, 6.07) is 13.6. The van der Waals surface area contributed by atoms with E-state index in [0.717, 1.165) is 30.5 Å². The zero-order valence-electron chi connectivity index (χ0n) is 13.7. The summed E-state index contributed by atoms with van der Waals surface area (Å²) in [5.74, 6) is 0.734. The molecule has 1 aliphatic rings. The number of aryl methyl sites for hydroxylation is 1. The summed E-state index contributed by atoms with van der Waals surface area (Å²) in [6.07, 6.45) is 5.52. The van der Waals surface area contributed by atoms with Crippen molar-refractivity contribution in [3.63, 3.8) is 0 Å². The summed E-state index contributed by atoms with van der Waals surface area (Å²) in [7, 11) is 0. The molecule has 3 rings (SSSR count). The van der Waals surface area contributed by atoms with E-state index in [1.54, 1.807) is 12.1 Å². The number of benzene rings is 2. The minimum atomic E-state index is 0. The number of nitrogens with zero attached hydrogens (tertiary/aromatic N) is 1. The van der Waals surface area contributed by atoms with Gasteiger partial charge in [-0.15, -0.1) is 24.0 Å². The first-order valence-electron chi connectivity index (χ1n) is 8.18. The molecule has 0 aliphatic heterocycles. The molecular weight excluding hydrogens is 413 g/mol. The number of phenolic OH excluding ortho intramolecular Hbond substituents is 1. The lowest BCUT2D eigenvalue weighted by Crippen LogP contribution is -2.24. The van der Waals surface area contributed by atoms with Gasteiger partial charge in [-0.05, 0) is 67.0 Å². The van der Waals surface area contributed by atoms with E-state index in [1.165, 1.54) is 24.0 Å². The number of phenols is 1. The third-order valence-electron chi connectivity index (χ3n) is 4.25. The third-order valence-corrected chi connectivity index (χ3v) is 4.25. The van der Waals surface area contributed by atoms with Crippen LogP contribution < -0.4 is 11.1 Å². The van der Waals surface area contributed by atoms with Crippen LogP contribution in [0.3, 0.4) is 0 Å². The van der Waals surface area contributed by atoms with Gasteiger partial charge in [-0.25, -0.2) is 0 Å². The van der Waals surface area contributed by atoms with Gasteiger partial charge in [0.25, 0.3) is 0 Å². The molecule has 4 nitrogen and oxygen atoms in total. The Kier molecular flexibility index (Phi) is 6.90. The van der Waals surface area contributed by atoms with E-state index in [4.69, 9.17) is 5.73 Å². The molecule has 0 fully saturated rings. The molecule has 0 amide bonds. The quantitative estimate of drug-likeness (QED) is 0.387. The van der Waals surface area contributed by atoms with Crippen molar-refractivity contribution in [3.05, 3.63) is 59.2 Å². The zero-order valence-corrected chi connectivity index (χ0v) is 16.0. The summed E-state index contributed by atoms with van der Waals surface area (Å²) in [5.41, 5.74) is 11.0. The summed E-state index contributed by atoms with van der Waals surface area (Å²) in [6.45, 7) is 0.595. The van der Waals surface area contributed by atoms with Crippen LogP contribution in [0.4, 0.5) is 5.69 Å². The number of aliphatic imine (C=N–C) groups is 1. The van der Waals surface area contributed by atoms with Gasteiger partial charge in [0, 0.05) is 12.2 Å². The van der Waals surface area contributed by atoms with Crippen molar-refractivity contribution in [2.75, 3.05) is 11.9 Å². The minimum Gasteiger partial charge on any atom is -0.508 e. The molecular formula is C19H24IN3O. The maximum Gasteiger partial charge on any atom is 0.193 e. The Hall–Kier alpha value is -1.76. The number of hydrogen-bond donors (Lipinski definition) is 3. The van der Waals surface area contributed by atoms with Crippen molar-refractivity contribution in [2.45, 2.75) is 32.1 Å². The van der Waals surface area contributed by atoms with Crippen LogP contribution in [0.1, 0.15) is 29.5 Å². The van der Waals surface area contributed by atoms with E-state index < -0.39 is 0 Å². The fourth-order valence-corrected chi connectivity index (χ4v) is 3.09. The zero-order chi connectivity index (χ0) is 16.1. The van der Waals surface area contributed by atoms with Crippen LogP contribution in [0, 0.1) is 0 Å². The molecule has 4 N–H and O–H groups in total. The van der Waals surface area contributed by atoms with E-state index in [0.29, 0.717) is 12.5 Å². The van der Waals surface area contributed by atoms with Crippen molar-refractivity contribution in [2.24, 2.45) is 10.7 Å². The fourth-order valence-electron chi connectivity index (χ4n) is 3.09. The number of fused-ring (bicyclic) bond motifs is 1. The van der Waals surface area contributed by atoms with Gasteiger partial charge in [-0.1, -0.05) is 24.3 Å². The molecule has 0 bridgehead atoms. The average molecular weight is 437 g/mol. The van der Waals surface area contributed by atoms with Gasteiger partial charge in [0.2, 0.25) is 0 Å². The highest BCUT2D eigenvalue weighted by atomic mass is 127. The Bertz CT molecular complexity index is 716. The van der Waals surface area contributed by atoms with E-state index in [2.05, 4.69) is 28.5 Å². The Labute approximate surface area is 160 Å². The lowest BCUT2D eigenvalue weighted by atomic mass is 9.90. The Morgan fingerprint density at radius 1 is 1.12 bits per heavy atom. The fraction of sp³-hybridized carbons (Fsp3) is 0.316. The second kappa shape index (κ2) is 8.92. The Morgan fingerprint density at radius 2 is 1.92 bits per heavy atom. The highest BCUT2D eigenvalue weighted by Gasteiger charge is 2.12. The number of nitrogens with one attached hydrogen (secondary N) is 1. The highest BCUT2D eigenvalue weighted by molar-refractivity contribution is 14.0. The largest absolute Gasteiger partial charge is 0.508 e. The number of halogens is 1. The molecule has 0 saturated carbocycles. The molecule has 0 heterocycles. The second-order valence-corrected chi connectivity index (χ2v) is 5.96. The Balaban J connectivity index is 0.00000208. The van der Waals surface area contributed by atoms with Crippen molar-refractivity contribution in [3.8, 4) is 5.75 Å². The van der Waals surface area contributed by atoms with Gasteiger partial charge < -0.3 is 16.2 Å². The van der Waals surface area contributed by atoms with Gasteiger partial charge in [0.1, 0.15) is 5.75 Å². The number of anilines is 1.